The van der Waals surface area contributed by atoms with E-state index in [0.29, 0.717) is 5.75 Å². The molecule has 5 heteroatoms. The summed E-state index contributed by atoms with van der Waals surface area (Å²) in [4.78, 5) is 14.4. The van der Waals surface area contributed by atoms with Crippen molar-refractivity contribution in [2.75, 3.05) is 24.2 Å². The molecule has 0 saturated carbocycles. The van der Waals surface area contributed by atoms with E-state index in [1.807, 2.05) is 54.6 Å². The number of anilines is 1. The van der Waals surface area contributed by atoms with Crippen LogP contribution in [0.5, 0.6) is 0 Å². The molecule has 0 atom stereocenters. The molecule has 126 valence electrons. The number of carbonyl (C=O) groups is 1. The van der Waals surface area contributed by atoms with Gasteiger partial charge in [-0.1, -0.05) is 72.5 Å². The van der Waals surface area contributed by atoms with E-state index in [1.54, 1.807) is 0 Å². The zero-order chi connectivity index (χ0) is 17.4. The first kappa shape index (κ1) is 18.5. The number of benzene rings is 2. The number of nitrogens with one attached hydrogen (secondary N) is 1. The second kappa shape index (κ2) is 9.45. The molecular formula is C19H22N2OS2. The van der Waals surface area contributed by atoms with Crippen LogP contribution in [0.2, 0.25) is 0 Å². The van der Waals surface area contributed by atoms with Crippen molar-refractivity contribution in [1.29, 1.82) is 0 Å². The number of thiocarbonyl (C=S) groups is 1. The molecule has 0 unspecified atom stereocenters. The molecule has 3 nitrogen and oxygen atoms in total. The fourth-order valence-corrected chi connectivity index (χ4v) is 3.55. The van der Waals surface area contributed by atoms with Crippen LogP contribution >= 0.6 is 24.0 Å². The van der Waals surface area contributed by atoms with Crippen molar-refractivity contribution in [3.63, 3.8) is 0 Å². The first-order chi connectivity index (χ1) is 11.7. The van der Waals surface area contributed by atoms with E-state index < -0.39 is 0 Å². The van der Waals surface area contributed by atoms with Crippen molar-refractivity contribution in [2.45, 2.75) is 13.8 Å². The lowest BCUT2D eigenvalue weighted by atomic mass is 10.0. The fourth-order valence-electron chi connectivity index (χ4n) is 2.35. The van der Waals surface area contributed by atoms with E-state index in [9.17, 15) is 4.79 Å². The third-order valence-electron chi connectivity index (χ3n) is 3.63. The molecule has 1 amide bonds. The number of amides is 1. The van der Waals surface area contributed by atoms with Gasteiger partial charge in [-0.3, -0.25) is 4.79 Å². The third-order valence-corrected chi connectivity index (χ3v) is 5.16. The summed E-state index contributed by atoms with van der Waals surface area (Å²) < 4.78 is 0.770. The lowest BCUT2D eigenvalue weighted by Crippen LogP contribution is -2.28. The lowest BCUT2D eigenvalue weighted by molar-refractivity contribution is -0.113. The zero-order valence-corrected chi connectivity index (χ0v) is 15.6. The number of rotatable bonds is 6. The van der Waals surface area contributed by atoms with Crippen LogP contribution in [-0.4, -0.2) is 34.0 Å². The number of hydrogen-bond donors (Lipinski definition) is 1. The van der Waals surface area contributed by atoms with Crippen LogP contribution in [0, 0.1) is 0 Å². The predicted octanol–water partition coefficient (Wildman–Crippen LogP) is 4.65. The largest absolute Gasteiger partial charge is 0.358 e. The standard InChI is InChI=1S/C19H22N2OS2/c1-3-21(4-2)19(23)24-14-18(22)20-17-13-9-8-12-16(17)15-10-6-5-7-11-15/h5-13H,3-4,14H2,1-2H3,(H,20,22). The Balaban J connectivity index is 2.01. The topological polar surface area (TPSA) is 32.3 Å². The van der Waals surface area contributed by atoms with Crippen molar-refractivity contribution in [1.82, 2.24) is 4.90 Å². The van der Waals surface area contributed by atoms with E-state index >= 15 is 0 Å². The molecule has 2 rings (SSSR count). The van der Waals surface area contributed by atoms with Crippen molar-refractivity contribution < 1.29 is 4.79 Å². The predicted molar refractivity (Wildman–Crippen MR) is 108 cm³/mol. The van der Waals surface area contributed by atoms with Crippen LogP contribution in [-0.2, 0) is 4.79 Å². The molecule has 0 aliphatic heterocycles. The van der Waals surface area contributed by atoms with Crippen LogP contribution in [0.1, 0.15) is 13.8 Å². The van der Waals surface area contributed by atoms with Gasteiger partial charge in [0.1, 0.15) is 4.32 Å². The number of carbonyl (C=O) groups excluding carboxylic acids is 1. The van der Waals surface area contributed by atoms with Gasteiger partial charge in [-0.2, -0.15) is 0 Å². The molecule has 0 heterocycles. The number of hydrogen-bond acceptors (Lipinski definition) is 3. The summed E-state index contributed by atoms with van der Waals surface area (Å²) in [7, 11) is 0. The lowest BCUT2D eigenvalue weighted by Gasteiger charge is -2.20. The Morgan fingerprint density at radius 3 is 2.33 bits per heavy atom. The Labute approximate surface area is 153 Å². The second-order valence-electron chi connectivity index (χ2n) is 5.19. The molecule has 0 fully saturated rings. The second-order valence-corrected chi connectivity index (χ2v) is 6.80. The van der Waals surface area contributed by atoms with Gasteiger partial charge in [-0.25, -0.2) is 0 Å². The number of thioether (sulfide) groups is 1. The monoisotopic (exact) mass is 358 g/mol. The van der Waals surface area contributed by atoms with E-state index in [2.05, 4.69) is 24.1 Å². The van der Waals surface area contributed by atoms with Crippen molar-refractivity contribution in [3.05, 3.63) is 54.6 Å². The summed E-state index contributed by atoms with van der Waals surface area (Å²) in [5.74, 6) is 0.274. The first-order valence-corrected chi connectivity index (χ1v) is 9.41. The Hall–Kier alpha value is -1.85. The third kappa shape index (κ3) is 5.08. The van der Waals surface area contributed by atoms with Crippen molar-refractivity contribution in [3.8, 4) is 11.1 Å². The summed E-state index contributed by atoms with van der Waals surface area (Å²) in [6, 6.07) is 17.9. The van der Waals surface area contributed by atoms with Crippen molar-refractivity contribution >= 4 is 39.9 Å². The molecule has 0 saturated heterocycles. The van der Waals surface area contributed by atoms with Gasteiger partial charge in [-0.05, 0) is 25.5 Å². The Morgan fingerprint density at radius 1 is 1.04 bits per heavy atom. The van der Waals surface area contributed by atoms with Gasteiger partial charge in [0.25, 0.3) is 0 Å². The number of nitrogens with zero attached hydrogens (tertiary/aromatic N) is 1. The molecule has 1 N–H and O–H groups in total. The van der Waals surface area contributed by atoms with Gasteiger partial charge >= 0.3 is 0 Å². The molecule has 0 radical (unpaired) electrons. The van der Waals surface area contributed by atoms with Gasteiger partial charge in [0, 0.05) is 24.3 Å². The Bertz CT molecular complexity index is 685. The summed E-state index contributed by atoms with van der Waals surface area (Å²) in [5.41, 5.74) is 2.92. The van der Waals surface area contributed by atoms with Crippen LogP contribution < -0.4 is 5.32 Å². The van der Waals surface area contributed by atoms with Gasteiger partial charge in [0.2, 0.25) is 5.91 Å². The minimum Gasteiger partial charge on any atom is -0.358 e. The van der Waals surface area contributed by atoms with Crippen LogP contribution in [0.15, 0.2) is 54.6 Å². The highest BCUT2D eigenvalue weighted by Crippen LogP contribution is 2.27. The molecule has 24 heavy (non-hydrogen) atoms. The van der Waals surface area contributed by atoms with Crippen LogP contribution in [0.3, 0.4) is 0 Å². The Morgan fingerprint density at radius 2 is 1.67 bits per heavy atom. The molecular weight excluding hydrogens is 336 g/mol. The van der Waals surface area contributed by atoms with Gasteiger partial charge in [0.15, 0.2) is 0 Å². The summed E-state index contributed by atoms with van der Waals surface area (Å²) in [5, 5.41) is 3.00. The normalized spacial score (nSPS) is 10.2. The molecule has 2 aromatic carbocycles. The minimum atomic E-state index is -0.0436. The maximum absolute atomic E-state index is 12.3. The highest BCUT2D eigenvalue weighted by Gasteiger charge is 2.11. The smallest absolute Gasteiger partial charge is 0.234 e. The molecule has 0 spiro atoms. The maximum atomic E-state index is 12.3. The average Bonchev–Trinajstić information content (AvgIpc) is 2.62. The molecule has 0 bridgehead atoms. The van der Waals surface area contributed by atoms with E-state index in [-0.39, 0.29) is 5.91 Å². The van der Waals surface area contributed by atoms with E-state index in [0.717, 1.165) is 34.2 Å². The van der Waals surface area contributed by atoms with Crippen LogP contribution in [0.25, 0.3) is 11.1 Å². The minimum absolute atomic E-state index is 0.0436. The highest BCUT2D eigenvalue weighted by atomic mass is 32.2. The molecule has 0 aromatic heterocycles. The van der Waals surface area contributed by atoms with E-state index in [1.165, 1.54) is 11.8 Å². The maximum Gasteiger partial charge on any atom is 0.234 e. The quantitative estimate of drug-likeness (QED) is 0.762. The van der Waals surface area contributed by atoms with Crippen molar-refractivity contribution in [2.24, 2.45) is 0 Å². The number of para-hydroxylation sites is 1. The van der Waals surface area contributed by atoms with E-state index in [4.69, 9.17) is 12.2 Å². The van der Waals surface area contributed by atoms with Gasteiger partial charge < -0.3 is 10.2 Å². The molecule has 0 aliphatic rings. The summed E-state index contributed by atoms with van der Waals surface area (Å²) in [6.45, 7) is 5.85. The van der Waals surface area contributed by atoms with Gasteiger partial charge in [0.05, 0.1) is 5.75 Å². The SMILES string of the molecule is CCN(CC)C(=S)SCC(=O)Nc1ccccc1-c1ccccc1. The van der Waals surface area contributed by atoms with Crippen LogP contribution in [0.4, 0.5) is 5.69 Å². The first-order valence-electron chi connectivity index (χ1n) is 8.01. The molecule has 2 aromatic rings. The Kier molecular flexibility index (Phi) is 7.28. The zero-order valence-electron chi connectivity index (χ0n) is 14.0. The molecule has 0 aliphatic carbocycles. The average molecular weight is 359 g/mol. The van der Waals surface area contributed by atoms with Gasteiger partial charge in [-0.15, -0.1) is 0 Å². The summed E-state index contributed by atoms with van der Waals surface area (Å²) in [6.07, 6.45) is 0. The fraction of sp³-hybridized carbons (Fsp3) is 0.263. The summed E-state index contributed by atoms with van der Waals surface area (Å²) >= 11 is 6.78. The highest BCUT2D eigenvalue weighted by molar-refractivity contribution is 8.23.